The van der Waals surface area contributed by atoms with Gasteiger partial charge in [-0.3, -0.25) is 0 Å². The maximum Gasteiger partial charge on any atom is 0.339 e. The standard InChI is InChI=1S/C14H14ClNO2/c1-9-4-5-10(2)16(9)11-6-7-13(15)12(8-11)14(17)18-3/h4-8H,1-3H3. The van der Waals surface area contributed by atoms with Gasteiger partial charge in [0.25, 0.3) is 0 Å². The number of benzene rings is 1. The van der Waals surface area contributed by atoms with Crippen molar-refractivity contribution in [2.45, 2.75) is 13.8 Å². The van der Waals surface area contributed by atoms with Gasteiger partial charge in [-0.05, 0) is 44.2 Å². The van der Waals surface area contributed by atoms with Crippen LogP contribution in [0.2, 0.25) is 5.02 Å². The number of aryl methyl sites for hydroxylation is 2. The van der Waals surface area contributed by atoms with E-state index in [0.717, 1.165) is 17.1 Å². The molecule has 2 aromatic rings. The van der Waals surface area contributed by atoms with Gasteiger partial charge in [0.15, 0.2) is 0 Å². The predicted molar refractivity (Wildman–Crippen MR) is 71.6 cm³/mol. The number of halogens is 1. The average molecular weight is 264 g/mol. The fourth-order valence-corrected chi connectivity index (χ4v) is 2.19. The number of esters is 1. The Morgan fingerprint density at radius 2 is 1.78 bits per heavy atom. The minimum Gasteiger partial charge on any atom is -0.465 e. The van der Waals surface area contributed by atoms with E-state index >= 15 is 0 Å². The Balaban J connectivity index is 2.57. The van der Waals surface area contributed by atoms with Crippen LogP contribution in [0.1, 0.15) is 21.7 Å². The Morgan fingerprint density at radius 3 is 2.33 bits per heavy atom. The molecule has 0 bridgehead atoms. The summed E-state index contributed by atoms with van der Waals surface area (Å²) >= 11 is 6.00. The van der Waals surface area contributed by atoms with Gasteiger partial charge in [0.1, 0.15) is 0 Å². The van der Waals surface area contributed by atoms with Crippen molar-refractivity contribution in [1.82, 2.24) is 4.57 Å². The lowest BCUT2D eigenvalue weighted by Crippen LogP contribution is -2.05. The van der Waals surface area contributed by atoms with Crippen molar-refractivity contribution in [2.75, 3.05) is 7.11 Å². The average Bonchev–Trinajstić information content (AvgIpc) is 2.69. The third-order valence-corrected chi connectivity index (χ3v) is 3.21. The van der Waals surface area contributed by atoms with Crippen LogP contribution in [0.15, 0.2) is 30.3 Å². The van der Waals surface area contributed by atoms with Crippen molar-refractivity contribution < 1.29 is 9.53 Å². The number of nitrogens with zero attached hydrogens (tertiary/aromatic N) is 1. The lowest BCUT2D eigenvalue weighted by Gasteiger charge is -2.11. The molecular formula is C14H14ClNO2. The van der Waals surface area contributed by atoms with E-state index in [9.17, 15) is 4.79 Å². The Labute approximate surface area is 111 Å². The lowest BCUT2D eigenvalue weighted by atomic mass is 10.2. The molecule has 0 aliphatic heterocycles. The monoisotopic (exact) mass is 263 g/mol. The maximum atomic E-state index is 11.6. The highest BCUT2D eigenvalue weighted by molar-refractivity contribution is 6.33. The van der Waals surface area contributed by atoms with Crippen LogP contribution in [-0.2, 0) is 4.74 Å². The van der Waals surface area contributed by atoms with E-state index in [1.807, 2.05) is 32.0 Å². The molecule has 0 atom stereocenters. The van der Waals surface area contributed by atoms with Crippen LogP contribution in [0, 0.1) is 13.8 Å². The van der Waals surface area contributed by atoms with E-state index in [4.69, 9.17) is 16.3 Å². The summed E-state index contributed by atoms with van der Waals surface area (Å²) in [7, 11) is 1.34. The first kappa shape index (κ1) is 12.7. The zero-order chi connectivity index (χ0) is 13.3. The minimum atomic E-state index is -0.427. The van der Waals surface area contributed by atoms with Crippen LogP contribution in [0.5, 0.6) is 0 Å². The fourth-order valence-electron chi connectivity index (χ4n) is 1.99. The largest absolute Gasteiger partial charge is 0.465 e. The van der Waals surface area contributed by atoms with Crippen molar-refractivity contribution >= 4 is 17.6 Å². The third-order valence-electron chi connectivity index (χ3n) is 2.88. The molecule has 4 heteroatoms. The Hall–Kier alpha value is -1.74. The number of ether oxygens (including phenoxy) is 1. The first-order valence-corrected chi connectivity index (χ1v) is 5.95. The van der Waals surface area contributed by atoms with Gasteiger partial charge < -0.3 is 9.30 Å². The number of rotatable bonds is 2. The molecule has 1 heterocycles. The van der Waals surface area contributed by atoms with Gasteiger partial charge in [-0.25, -0.2) is 4.79 Å². The van der Waals surface area contributed by atoms with Crippen LogP contribution in [-0.4, -0.2) is 17.6 Å². The second-order valence-corrected chi connectivity index (χ2v) is 4.51. The summed E-state index contributed by atoms with van der Waals surface area (Å²) in [6.07, 6.45) is 0. The van der Waals surface area contributed by atoms with Crippen LogP contribution in [0.3, 0.4) is 0 Å². The Kier molecular flexibility index (Phi) is 3.43. The normalized spacial score (nSPS) is 10.4. The molecule has 0 aliphatic carbocycles. The van der Waals surface area contributed by atoms with Gasteiger partial charge >= 0.3 is 5.97 Å². The number of hydrogen-bond donors (Lipinski definition) is 0. The van der Waals surface area contributed by atoms with Gasteiger partial charge in [0.05, 0.1) is 17.7 Å². The number of carbonyl (C=O) groups is 1. The lowest BCUT2D eigenvalue weighted by molar-refractivity contribution is 0.0601. The molecule has 0 fully saturated rings. The molecule has 94 valence electrons. The predicted octanol–water partition coefficient (Wildman–Crippen LogP) is 3.53. The van der Waals surface area contributed by atoms with Crippen molar-refractivity contribution in [1.29, 1.82) is 0 Å². The first-order chi connectivity index (χ1) is 8.54. The van der Waals surface area contributed by atoms with Crippen molar-refractivity contribution in [3.05, 3.63) is 52.3 Å². The second kappa shape index (κ2) is 4.86. The molecule has 0 aliphatic rings. The molecule has 0 spiro atoms. The summed E-state index contributed by atoms with van der Waals surface area (Å²) in [5, 5.41) is 0.396. The quantitative estimate of drug-likeness (QED) is 0.776. The molecule has 0 amide bonds. The minimum absolute atomic E-state index is 0.379. The van der Waals surface area contributed by atoms with E-state index in [2.05, 4.69) is 4.57 Å². The zero-order valence-corrected chi connectivity index (χ0v) is 11.3. The summed E-state index contributed by atoms with van der Waals surface area (Å²) in [4.78, 5) is 11.6. The van der Waals surface area contributed by atoms with Crippen molar-refractivity contribution in [3.8, 4) is 5.69 Å². The third kappa shape index (κ3) is 2.14. The molecule has 1 aromatic heterocycles. The topological polar surface area (TPSA) is 31.2 Å². The zero-order valence-electron chi connectivity index (χ0n) is 10.5. The molecule has 0 radical (unpaired) electrons. The van der Waals surface area contributed by atoms with E-state index in [0.29, 0.717) is 10.6 Å². The van der Waals surface area contributed by atoms with Crippen molar-refractivity contribution in [3.63, 3.8) is 0 Å². The fraction of sp³-hybridized carbons (Fsp3) is 0.214. The number of aromatic nitrogens is 1. The van der Waals surface area contributed by atoms with E-state index in [-0.39, 0.29) is 0 Å². The van der Waals surface area contributed by atoms with Gasteiger partial charge in [-0.1, -0.05) is 11.6 Å². The highest BCUT2D eigenvalue weighted by atomic mass is 35.5. The number of hydrogen-bond acceptors (Lipinski definition) is 2. The van der Waals surface area contributed by atoms with Crippen LogP contribution >= 0.6 is 11.6 Å². The molecule has 0 N–H and O–H groups in total. The molecule has 1 aromatic carbocycles. The van der Waals surface area contributed by atoms with Crippen LogP contribution < -0.4 is 0 Å². The van der Waals surface area contributed by atoms with Gasteiger partial charge in [-0.15, -0.1) is 0 Å². The summed E-state index contributed by atoms with van der Waals surface area (Å²) in [5.74, 6) is -0.427. The highest BCUT2D eigenvalue weighted by Crippen LogP contribution is 2.23. The summed E-state index contributed by atoms with van der Waals surface area (Å²) < 4.78 is 6.78. The molecule has 3 nitrogen and oxygen atoms in total. The van der Waals surface area contributed by atoms with Crippen molar-refractivity contribution in [2.24, 2.45) is 0 Å². The number of carbonyl (C=O) groups excluding carboxylic acids is 1. The number of methoxy groups -OCH3 is 1. The summed E-state index contributed by atoms with van der Waals surface area (Å²) in [6, 6.07) is 9.40. The Morgan fingerprint density at radius 1 is 1.17 bits per heavy atom. The maximum absolute atomic E-state index is 11.6. The van der Waals surface area contributed by atoms with Crippen LogP contribution in [0.25, 0.3) is 5.69 Å². The molecular weight excluding hydrogens is 250 g/mol. The van der Waals surface area contributed by atoms with E-state index < -0.39 is 5.97 Å². The smallest absolute Gasteiger partial charge is 0.339 e. The summed E-state index contributed by atoms with van der Waals surface area (Å²) in [6.45, 7) is 4.03. The van der Waals surface area contributed by atoms with E-state index in [1.165, 1.54) is 7.11 Å². The summed E-state index contributed by atoms with van der Waals surface area (Å²) in [5.41, 5.74) is 3.49. The molecule has 18 heavy (non-hydrogen) atoms. The first-order valence-electron chi connectivity index (χ1n) is 5.58. The SMILES string of the molecule is COC(=O)c1cc(-n2c(C)ccc2C)ccc1Cl. The highest BCUT2D eigenvalue weighted by Gasteiger charge is 2.13. The molecule has 0 saturated carbocycles. The Bertz CT molecular complexity index is 582. The van der Waals surface area contributed by atoms with Gasteiger partial charge in [-0.2, -0.15) is 0 Å². The molecule has 0 saturated heterocycles. The van der Waals surface area contributed by atoms with E-state index in [1.54, 1.807) is 12.1 Å². The molecule has 2 rings (SSSR count). The van der Waals surface area contributed by atoms with Gasteiger partial charge in [0.2, 0.25) is 0 Å². The molecule has 0 unspecified atom stereocenters. The van der Waals surface area contributed by atoms with Gasteiger partial charge in [0, 0.05) is 17.1 Å². The second-order valence-electron chi connectivity index (χ2n) is 4.11. The van der Waals surface area contributed by atoms with Crippen LogP contribution in [0.4, 0.5) is 0 Å².